The van der Waals surface area contributed by atoms with Gasteiger partial charge in [0.1, 0.15) is 0 Å². The lowest BCUT2D eigenvalue weighted by Crippen LogP contribution is -2.64. The quantitative estimate of drug-likeness (QED) is 0.331. The third-order valence-corrected chi connectivity index (χ3v) is 2.51. The van der Waals surface area contributed by atoms with Crippen molar-refractivity contribution in [2.75, 3.05) is 21.1 Å². The highest BCUT2D eigenvalue weighted by Gasteiger charge is 2.53. The molecule has 0 radical (unpaired) electrons. The first-order valence-corrected chi connectivity index (χ1v) is 5.02. The van der Waals surface area contributed by atoms with Gasteiger partial charge in [-0.3, -0.25) is 4.48 Å². The van der Waals surface area contributed by atoms with Crippen molar-refractivity contribution < 1.29 is 23.9 Å². The van der Waals surface area contributed by atoms with E-state index in [4.69, 9.17) is 4.74 Å². The molecule has 0 saturated heterocycles. The zero-order chi connectivity index (χ0) is 13.1. The van der Waals surface area contributed by atoms with E-state index in [2.05, 4.69) is 6.58 Å². The van der Waals surface area contributed by atoms with Gasteiger partial charge in [-0.15, -0.1) is 0 Å². The highest BCUT2D eigenvalue weighted by atomic mass is 16.6. The molecule has 16 heavy (non-hydrogen) atoms. The standard InChI is InChI=1S/C11H19NO4/c1-7-11(10(14)15,12(4,5)6)16-9(13)8(2)3/h2,7H2,1,3-6H3/p+1. The average Bonchev–Trinajstić information content (AvgIpc) is 2.10. The summed E-state index contributed by atoms with van der Waals surface area (Å²) in [5, 5.41) is 9.27. The van der Waals surface area contributed by atoms with E-state index >= 15 is 0 Å². The molecule has 1 N–H and O–H groups in total. The third kappa shape index (κ3) is 2.61. The van der Waals surface area contributed by atoms with E-state index in [9.17, 15) is 14.7 Å². The van der Waals surface area contributed by atoms with E-state index in [1.807, 2.05) is 0 Å². The molecule has 92 valence electrons. The van der Waals surface area contributed by atoms with Gasteiger partial charge in [0.15, 0.2) is 0 Å². The monoisotopic (exact) mass is 230 g/mol. The van der Waals surface area contributed by atoms with Gasteiger partial charge in [-0.25, -0.2) is 9.59 Å². The van der Waals surface area contributed by atoms with Gasteiger partial charge in [0.25, 0.3) is 0 Å². The van der Waals surface area contributed by atoms with Crippen LogP contribution in [0.4, 0.5) is 0 Å². The molecule has 0 fully saturated rings. The number of carbonyl (C=O) groups is 2. The first-order valence-electron chi connectivity index (χ1n) is 5.02. The molecular formula is C11H20NO4+. The normalized spacial score (nSPS) is 15.1. The van der Waals surface area contributed by atoms with Gasteiger partial charge in [0.05, 0.1) is 27.6 Å². The van der Waals surface area contributed by atoms with Crippen molar-refractivity contribution in [2.24, 2.45) is 0 Å². The Kier molecular flexibility index (Phi) is 4.26. The van der Waals surface area contributed by atoms with Crippen molar-refractivity contribution in [3.8, 4) is 0 Å². The van der Waals surface area contributed by atoms with Crippen LogP contribution >= 0.6 is 0 Å². The predicted octanol–water partition coefficient (Wildman–Crippen LogP) is 1.00. The number of esters is 1. The number of nitrogens with zero attached hydrogens (tertiary/aromatic N) is 1. The minimum atomic E-state index is -1.57. The van der Waals surface area contributed by atoms with E-state index in [-0.39, 0.29) is 16.5 Å². The SMILES string of the molecule is C=C(C)C(=O)OC(CC)(C(=O)O)[N+](C)(C)C. The Hall–Kier alpha value is -1.36. The number of carboxylic acids is 1. The summed E-state index contributed by atoms with van der Waals surface area (Å²) in [4.78, 5) is 22.8. The Bertz CT molecular complexity index is 316. The van der Waals surface area contributed by atoms with Gasteiger partial charge in [-0.1, -0.05) is 13.5 Å². The number of carbonyl (C=O) groups excluding carboxylic acids is 1. The molecule has 0 aliphatic rings. The summed E-state index contributed by atoms with van der Waals surface area (Å²) in [5.41, 5.74) is -1.39. The molecule has 1 unspecified atom stereocenters. The number of carboxylic acid groups (broad SMARTS) is 1. The van der Waals surface area contributed by atoms with Crippen LogP contribution in [0.5, 0.6) is 0 Å². The number of hydrogen-bond acceptors (Lipinski definition) is 3. The summed E-state index contributed by atoms with van der Waals surface area (Å²) >= 11 is 0. The Morgan fingerprint density at radius 2 is 1.81 bits per heavy atom. The van der Waals surface area contributed by atoms with Crippen LogP contribution < -0.4 is 0 Å². The maximum atomic E-state index is 11.5. The molecule has 0 aromatic rings. The van der Waals surface area contributed by atoms with Crippen molar-refractivity contribution in [3.05, 3.63) is 12.2 Å². The van der Waals surface area contributed by atoms with E-state index in [1.54, 1.807) is 28.1 Å². The van der Waals surface area contributed by atoms with Crippen LogP contribution in [0, 0.1) is 0 Å². The van der Waals surface area contributed by atoms with Gasteiger partial charge >= 0.3 is 17.7 Å². The van der Waals surface area contributed by atoms with Crippen LogP contribution in [-0.4, -0.2) is 48.4 Å². The highest BCUT2D eigenvalue weighted by molar-refractivity contribution is 5.90. The highest BCUT2D eigenvalue weighted by Crippen LogP contribution is 2.26. The molecule has 0 aromatic heterocycles. The molecule has 5 nitrogen and oxygen atoms in total. The van der Waals surface area contributed by atoms with Crippen molar-refractivity contribution in [1.82, 2.24) is 0 Å². The number of rotatable bonds is 5. The number of hydrogen-bond donors (Lipinski definition) is 1. The minimum Gasteiger partial charge on any atom is -0.474 e. The summed E-state index contributed by atoms with van der Waals surface area (Å²) in [7, 11) is 5.01. The first kappa shape index (κ1) is 14.6. The molecular weight excluding hydrogens is 210 g/mol. The molecule has 0 saturated carbocycles. The van der Waals surface area contributed by atoms with Gasteiger partial charge in [0.2, 0.25) is 0 Å². The molecule has 5 heteroatoms. The molecule has 0 aliphatic carbocycles. The summed E-state index contributed by atoms with van der Waals surface area (Å²) in [5.74, 6) is -1.84. The van der Waals surface area contributed by atoms with E-state index in [0.29, 0.717) is 0 Å². The van der Waals surface area contributed by atoms with Crippen LogP contribution in [-0.2, 0) is 14.3 Å². The van der Waals surface area contributed by atoms with Gasteiger partial charge in [-0.2, -0.15) is 0 Å². The molecule has 1 atom stereocenters. The third-order valence-electron chi connectivity index (χ3n) is 2.51. The van der Waals surface area contributed by atoms with Gasteiger partial charge in [-0.05, 0) is 6.92 Å². The zero-order valence-corrected chi connectivity index (χ0v) is 10.5. The van der Waals surface area contributed by atoms with Crippen LogP contribution in [0.2, 0.25) is 0 Å². The predicted molar refractivity (Wildman–Crippen MR) is 59.6 cm³/mol. The molecule has 0 aliphatic heterocycles. The lowest BCUT2D eigenvalue weighted by Gasteiger charge is -2.40. The van der Waals surface area contributed by atoms with Crippen molar-refractivity contribution in [3.63, 3.8) is 0 Å². The Labute approximate surface area is 95.9 Å². The fourth-order valence-electron chi connectivity index (χ4n) is 1.41. The second-order valence-corrected chi connectivity index (χ2v) is 4.63. The van der Waals surface area contributed by atoms with Gasteiger partial charge in [0, 0.05) is 5.57 Å². The van der Waals surface area contributed by atoms with Crippen LogP contribution in [0.25, 0.3) is 0 Å². The molecule has 0 amide bonds. The maximum absolute atomic E-state index is 11.5. The first-order chi connectivity index (χ1) is 7.08. The van der Waals surface area contributed by atoms with Crippen molar-refractivity contribution in [1.29, 1.82) is 0 Å². The lowest BCUT2D eigenvalue weighted by molar-refractivity contribution is -0.937. The number of aliphatic carboxylic acids is 1. The summed E-state index contributed by atoms with van der Waals surface area (Å²) in [6.07, 6.45) is 0.185. The molecule has 0 aromatic carbocycles. The zero-order valence-electron chi connectivity index (χ0n) is 10.5. The second-order valence-electron chi connectivity index (χ2n) is 4.63. The van der Waals surface area contributed by atoms with E-state index < -0.39 is 17.7 Å². The average molecular weight is 230 g/mol. The number of likely N-dealkylation sites (N-methyl/N-ethyl adjacent to an activating group) is 1. The fourth-order valence-corrected chi connectivity index (χ4v) is 1.41. The van der Waals surface area contributed by atoms with Crippen LogP contribution in [0.1, 0.15) is 20.3 Å². The second kappa shape index (κ2) is 4.65. The molecule has 0 bridgehead atoms. The summed E-state index contributed by atoms with van der Waals surface area (Å²) in [6.45, 7) is 6.60. The molecule has 0 heterocycles. The van der Waals surface area contributed by atoms with Crippen molar-refractivity contribution in [2.45, 2.75) is 26.0 Å². The smallest absolute Gasteiger partial charge is 0.408 e. The van der Waals surface area contributed by atoms with E-state index in [1.165, 1.54) is 6.92 Å². The van der Waals surface area contributed by atoms with E-state index in [0.717, 1.165) is 0 Å². The molecule has 0 spiro atoms. The lowest BCUT2D eigenvalue weighted by atomic mass is 10.1. The van der Waals surface area contributed by atoms with Crippen LogP contribution in [0.15, 0.2) is 12.2 Å². The minimum absolute atomic E-state index is 0.00213. The Balaban J connectivity index is 5.33. The van der Waals surface area contributed by atoms with Crippen molar-refractivity contribution >= 4 is 11.9 Å². The maximum Gasteiger partial charge on any atom is 0.408 e. The topological polar surface area (TPSA) is 63.6 Å². The summed E-state index contributed by atoms with van der Waals surface area (Å²) in [6, 6.07) is 0. The molecule has 0 rings (SSSR count). The largest absolute Gasteiger partial charge is 0.474 e. The number of quaternary nitrogens is 1. The number of ether oxygens (including phenoxy) is 1. The summed E-state index contributed by atoms with van der Waals surface area (Å²) < 4.78 is 5.11. The van der Waals surface area contributed by atoms with Gasteiger partial charge < -0.3 is 9.84 Å². The Morgan fingerprint density at radius 1 is 1.38 bits per heavy atom. The fraction of sp³-hybridized carbons (Fsp3) is 0.636. The Morgan fingerprint density at radius 3 is 2.00 bits per heavy atom. The van der Waals surface area contributed by atoms with Crippen LogP contribution in [0.3, 0.4) is 0 Å².